The molecule has 7 heteroatoms. The van der Waals surface area contributed by atoms with E-state index in [1.807, 2.05) is 38.1 Å². The van der Waals surface area contributed by atoms with Crippen molar-refractivity contribution in [1.82, 2.24) is 9.55 Å². The molecular formula is C25H28ClN3O3. The number of nitrogens with zero attached hydrogens (tertiary/aromatic N) is 2. The lowest BCUT2D eigenvalue weighted by molar-refractivity contribution is 0.0574. The molecule has 4 rings (SSSR count). The molecule has 0 saturated heterocycles. The van der Waals surface area contributed by atoms with Gasteiger partial charge in [0.2, 0.25) is 0 Å². The Bertz CT molecular complexity index is 1190. The molecule has 0 radical (unpaired) electrons. The number of hydrogen-bond donors (Lipinski definition) is 1. The van der Waals surface area contributed by atoms with Crippen molar-refractivity contribution in [2.45, 2.75) is 38.8 Å². The first-order chi connectivity index (χ1) is 15.5. The highest BCUT2D eigenvalue weighted by molar-refractivity contribution is 6.33. The van der Waals surface area contributed by atoms with Gasteiger partial charge in [-0.05, 0) is 42.7 Å². The zero-order valence-corrected chi connectivity index (χ0v) is 19.6. The molecule has 0 bridgehead atoms. The van der Waals surface area contributed by atoms with Crippen LogP contribution < -0.4 is 15.6 Å². The van der Waals surface area contributed by atoms with Gasteiger partial charge in [-0.3, -0.25) is 9.36 Å². The van der Waals surface area contributed by atoms with Crippen molar-refractivity contribution in [3.63, 3.8) is 0 Å². The van der Waals surface area contributed by atoms with Crippen LogP contribution in [0.25, 0.3) is 11.4 Å². The molecule has 1 aromatic heterocycles. The third-order valence-electron chi connectivity index (χ3n) is 5.98. The van der Waals surface area contributed by atoms with Gasteiger partial charge in [-0.2, -0.15) is 0 Å². The number of fused-ring (bicyclic) bond motifs is 1. The summed E-state index contributed by atoms with van der Waals surface area (Å²) in [5.41, 5.74) is 4.17. The van der Waals surface area contributed by atoms with Gasteiger partial charge in [0.1, 0.15) is 17.3 Å². The highest BCUT2D eigenvalue weighted by atomic mass is 35.5. The molecule has 1 N–H and O–H groups in total. The molecule has 0 fully saturated rings. The number of benzene rings is 2. The zero-order chi connectivity index (χ0) is 22.8. The summed E-state index contributed by atoms with van der Waals surface area (Å²) in [5.74, 6) is 1.18. The van der Waals surface area contributed by atoms with Gasteiger partial charge in [-0.15, -0.1) is 0 Å². The van der Waals surface area contributed by atoms with Crippen molar-refractivity contribution in [3.8, 4) is 17.1 Å². The van der Waals surface area contributed by atoms with Crippen LogP contribution in [0.4, 0.5) is 5.69 Å². The minimum atomic E-state index is -0.140. The SMILES string of the molecule is CCOC1Cc2ccccc2C1Nc1c(CC)nc(-c2ccc(OC)cc2Cl)n(C)c1=O. The largest absolute Gasteiger partial charge is 0.497 e. The van der Waals surface area contributed by atoms with E-state index in [2.05, 4.69) is 17.4 Å². The summed E-state index contributed by atoms with van der Waals surface area (Å²) in [6.45, 7) is 4.60. The van der Waals surface area contributed by atoms with Gasteiger partial charge in [0.25, 0.3) is 5.56 Å². The summed E-state index contributed by atoms with van der Waals surface area (Å²) in [5, 5.41) is 3.98. The van der Waals surface area contributed by atoms with Crippen molar-refractivity contribution in [3.05, 3.63) is 74.7 Å². The second-order valence-corrected chi connectivity index (χ2v) is 8.25. The molecule has 168 valence electrons. The van der Waals surface area contributed by atoms with Gasteiger partial charge in [0, 0.05) is 25.6 Å². The minimum absolute atomic E-state index is 0.0393. The fourth-order valence-electron chi connectivity index (χ4n) is 4.35. The lowest BCUT2D eigenvalue weighted by atomic mass is 10.1. The maximum absolute atomic E-state index is 13.5. The van der Waals surface area contributed by atoms with Crippen molar-refractivity contribution in [1.29, 1.82) is 0 Å². The average Bonchev–Trinajstić information content (AvgIpc) is 3.14. The average molecular weight is 454 g/mol. The Morgan fingerprint density at radius 2 is 2.00 bits per heavy atom. The highest BCUT2D eigenvalue weighted by Gasteiger charge is 2.34. The monoisotopic (exact) mass is 453 g/mol. The molecule has 2 atom stereocenters. The van der Waals surface area contributed by atoms with Crippen LogP contribution in [0.2, 0.25) is 5.02 Å². The lowest BCUT2D eigenvalue weighted by Crippen LogP contribution is -2.31. The number of rotatable bonds is 7. The number of hydrogen-bond acceptors (Lipinski definition) is 5. The molecule has 0 amide bonds. The van der Waals surface area contributed by atoms with E-state index in [4.69, 9.17) is 26.1 Å². The van der Waals surface area contributed by atoms with E-state index >= 15 is 0 Å². The normalized spacial score (nSPS) is 17.3. The van der Waals surface area contributed by atoms with Crippen LogP contribution in [-0.2, 0) is 24.6 Å². The summed E-state index contributed by atoms with van der Waals surface area (Å²) in [6, 6.07) is 13.5. The lowest BCUT2D eigenvalue weighted by Gasteiger charge is -2.24. The Morgan fingerprint density at radius 3 is 2.69 bits per heavy atom. The van der Waals surface area contributed by atoms with E-state index in [-0.39, 0.29) is 17.7 Å². The summed E-state index contributed by atoms with van der Waals surface area (Å²) < 4.78 is 12.8. The van der Waals surface area contributed by atoms with Crippen molar-refractivity contribution in [2.75, 3.05) is 19.0 Å². The van der Waals surface area contributed by atoms with Crippen molar-refractivity contribution in [2.24, 2.45) is 7.05 Å². The quantitative estimate of drug-likeness (QED) is 0.557. The molecule has 32 heavy (non-hydrogen) atoms. The Labute approximate surface area is 193 Å². The zero-order valence-electron chi connectivity index (χ0n) is 18.8. The molecule has 0 aliphatic heterocycles. The van der Waals surface area contributed by atoms with E-state index in [1.54, 1.807) is 24.8 Å². The number of halogens is 1. The number of aryl methyl sites for hydroxylation is 1. The molecule has 1 aliphatic carbocycles. The van der Waals surface area contributed by atoms with E-state index in [9.17, 15) is 4.79 Å². The second kappa shape index (κ2) is 9.35. The fourth-order valence-corrected chi connectivity index (χ4v) is 4.60. The van der Waals surface area contributed by atoms with Crippen LogP contribution in [0.5, 0.6) is 5.75 Å². The predicted octanol–water partition coefficient (Wildman–Crippen LogP) is 4.79. The molecule has 0 saturated carbocycles. The van der Waals surface area contributed by atoms with Gasteiger partial charge < -0.3 is 14.8 Å². The van der Waals surface area contributed by atoms with E-state index in [0.29, 0.717) is 46.6 Å². The first-order valence-electron chi connectivity index (χ1n) is 10.9. The molecule has 3 aromatic rings. The van der Waals surface area contributed by atoms with Crippen molar-refractivity contribution >= 4 is 17.3 Å². The Kier molecular flexibility index (Phi) is 6.53. The summed E-state index contributed by atoms with van der Waals surface area (Å²) in [6.07, 6.45) is 1.38. The van der Waals surface area contributed by atoms with E-state index in [0.717, 1.165) is 12.0 Å². The number of ether oxygens (including phenoxy) is 2. The Hall–Kier alpha value is -2.83. The summed E-state index contributed by atoms with van der Waals surface area (Å²) in [7, 11) is 3.31. The molecule has 2 unspecified atom stereocenters. The molecule has 6 nitrogen and oxygen atoms in total. The van der Waals surface area contributed by atoms with Crippen LogP contribution in [0.1, 0.15) is 36.7 Å². The van der Waals surface area contributed by atoms with Crippen LogP contribution >= 0.6 is 11.6 Å². The standard InChI is InChI=1S/C25H28ClN3O3/c1-5-20-23(28-22-17-10-8-7-9-15(17)13-21(22)32-6-2)25(30)29(3)24(27-20)18-12-11-16(31-4)14-19(18)26/h7-12,14,21-22,28H,5-6,13H2,1-4H3. The third-order valence-corrected chi connectivity index (χ3v) is 6.29. The minimum Gasteiger partial charge on any atom is -0.497 e. The third kappa shape index (κ3) is 4.00. The van der Waals surface area contributed by atoms with Gasteiger partial charge in [0.05, 0.1) is 30.0 Å². The highest BCUT2D eigenvalue weighted by Crippen LogP contribution is 2.36. The first-order valence-corrected chi connectivity index (χ1v) is 11.3. The molecular weight excluding hydrogens is 426 g/mol. The Morgan fingerprint density at radius 1 is 1.22 bits per heavy atom. The van der Waals surface area contributed by atoms with Gasteiger partial charge in [0.15, 0.2) is 0 Å². The van der Waals surface area contributed by atoms with Crippen LogP contribution in [0.3, 0.4) is 0 Å². The van der Waals surface area contributed by atoms with Crippen molar-refractivity contribution < 1.29 is 9.47 Å². The van der Waals surface area contributed by atoms with E-state index in [1.165, 1.54) is 5.56 Å². The topological polar surface area (TPSA) is 65.4 Å². The molecule has 2 aromatic carbocycles. The maximum Gasteiger partial charge on any atom is 0.277 e. The van der Waals surface area contributed by atoms with Gasteiger partial charge in [-0.1, -0.05) is 42.8 Å². The number of anilines is 1. The van der Waals surface area contributed by atoms with Gasteiger partial charge in [-0.25, -0.2) is 4.98 Å². The van der Waals surface area contributed by atoms with Crippen LogP contribution in [-0.4, -0.2) is 29.4 Å². The van der Waals surface area contributed by atoms with Crippen LogP contribution in [0, 0.1) is 0 Å². The number of nitrogens with one attached hydrogen (secondary N) is 1. The summed E-state index contributed by atoms with van der Waals surface area (Å²) >= 11 is 6.48. The number of aromatic nitrogens is 2. The van der Waals surface area contributed by atoms with E-state index < -0.39 is 0 Å². The smallest absolute Gasteiger partial charge is 0.277 e. The predicted molar refractivity (Wildman–Crippen MR) is 128 cm³/mol. The second-order valence-electron chi connectivity index (χ2n) is 7.84. The van der Waals surface area contributed by atoms with Crippen LogP contribution in [0.15, 0.2) is 47.3 Å². The fraction of sp³-hybridized carbons (Fsp3) is 0.360. The molecule has 0 spiro atoms. The van der Waals surface area contributed by atoms with Gasteiger partial charge >= 0.3 is 0 Å². The Balaban J connectivity index is 1.78. The first kappa shape index (κ1) is 22.4. The molecule has 1 aliphatic rings. The maximum atomic E-state index is 13.5. The number of methoxy groups -OCH3 is 1. The summed E-state index contributed by atoms with van der Waals surface area (Å²) in [4.78, 5) is 18.3. The molecule has 1 heterocycles.